The average Bonchev–Trinajstić information content (AvgIpc) is 2.35. The Balaban J connectivity index is 2.16. The normalized spacial score (nSPS) is 10.2. The minimum absolute atomic E-state index is 0.00752. The summed E-state index contributed by atoms with van der Waals surface area (Å²) in [5.41, 5.74) is 3.31. The smallest absolute Gasteiger partial charge is 0.310 e. The number of hydrogen-bond acceptors (Lipinski definition) is 3. The summed E-state index contributed by atoms with van der Waals surface area (Å²) in [6.45, 7) is 4.36. The molecule has 0 bridgehead atoms. The lowest BCUT2D eigenvalue weighted by Crippen LogP contribution is -1.99. The average molecular weight is 257 g/mol. The molecule has 0 saturated carbocycles. The van der Waals surface area contributed by atoms with Gasteiger partial charge in [-0.05, 0) is 25.5 Å². The highest BCUT2D eigenvalue weighted by Crippen LogP contribution is 2.26. The van der Waals surface area contributed by atoms with Gasteiger partial charge in [0.25, 0.3) is 0 Å². The van der Waals surface area contributed by atoms with E-state index in [1.807, 2.05) is 26.0 Å². The number of hydrogen-bond donors (Lipinski definition) is 0. The molecule has 2 aromatic carbocycles. The summed E-state index contributed by atoms with van der Waals surface area (Å²) in [5, 5.41) is 10.9. The Bertz CT molecular complexity index is 588. The number of nitrogens with zero attached hydrogens (tertiary/aromatic N) is 1. The summed E-state index contributed by atoms with van der Waals surface area (Å²) in [5.74, 6) is 0.298. The van der Waals surface area contributed by atoms with Crippen LogP contribution in [0.5, 0.6) is 5.75 Å². The SMILES string of the molecule is Cc1cc(C)cc(COc2ccccc2[N+](=O)[O-])c1. The molecular formula is C15H15NO3. The molecule has 0 N–H and O–H groups in total. The molecule has 4 nitrogen and oxygen atoms in total. The molecule has 0 aliphatic rings. The first-order valence-electron chi connectivity index (χ1n) is 5.99. The van der Waals surface area contributed by atoms with Crippen molar-refractivity contribution < 1.29 is 9.66 Å². The molecule has 0 aliphatic heterocycles. The van der Waals surface area contributed by atoms with E-state index in [1.165, 1.54) is 6.07 Å². The van der Waals surface area contributed by atoms with E-state index in [1.54, 1.807) is 18.2 Å². The molecule has 2 rings (SSSR count). The molecule has 19 heavy (non-hydrogen) atoms. The van der Waals surface area contributed by atoms with Gasteiger partial charge in [0.05, 0.1) is 4.92 Å². The molecule has 0 radical (unpaired) electrons. The van der Waals surface area contributed by atoms with Gasteiger partial charge in [-0.1, -0.05) is 41.5 Å². The van der Waals surface area contributed by atoms with E-state index in [0.717, 1.165) is 16.7 Å². The molecule has 0 saturated heterocycles. The zero-order valence-electron chi connectivity index (χ0n) is 10.9. The van der Waals surface area contributed by atoms with Crippen molar-refractivity contribution in [2.45, 2.75) is 20.5 Å². The van der Waals surface area contributed by atoms with Crippen molar-refractivity contribution in [3.05, 3.63) is 69.3 Å². The molecule has 0 spiro atoms. The summed E-state index contributed by atoms with van der Waals surface area (Å²) in [6, 6.07) is 12.5. The highest BCUT2D eigenvalue weighted by molar-refractivity contribution is 5.45. The summed E-state index contributed by atoms with van der Waals surface area (Å²) in [4.78, 5) is 10.4. The Morgan fingerprint density at radius 2 is 1.74 bits per heavy atom. The van der Waals surface area contributed by atoms with Crippen molar-refractivity contribution in [2.24, 2.45) is 0 Å². The van der Waals surface area contributed by atoms with Gasteiger partial charge in [-0.15, -0.1) is 0 Å². The molecular weight excluding hydrogens is 242 g/mol. The number of aryl methyl sites for hydroxylation is 2. The van der Waals surface area contributed by atoms with Gasteiger partial charge in [-0.2, -0.15) is 0 Å². The second-order valence-corrected chi connectivity index (χ2v) is 4.51. The predicted octanol–water partition coefficient (Wildman–Crippen LogP) is 3.79. The quantitative estimate of drug-likeness (QED) is 0.618. The van der Waals surface area contributed by atoms with Gasteiger partial charge in [0.1, 0.15) is 6.61 Å². The van der Waals surface area contributed by atoms with Crippen molar-refractivity contribution in [1.82, 2.24) is 0 Å². The number of nitro benzene ring substituents is 1. The van der Waals surface area contributed by atoms with Crippen LogP contribution >= 0.6 is 0 Å². The van der Waals surface area contributed by atoms with E-state index in [-0.39, 0.29) is 5.69 Å². The van der Waals surface area contributed by atoms with E-state index < -0.39 is 4.92 Å². The lowest BCUT2D eigenvalue weighted by molar-refractivity contribution is -0.385. The van der Waals surface area contributed by atoms with E-state index in [9.17, 15) is 10.1 Å². The fourth-order valence-corrected chi connectivity index (χ4v) is 2.04. The molecule has 98 valence electrons. The first kappa shape index (κ1) is 13.1. The summed E-state index contributed by atoms with van der Waals surface area (Å²) < 4.78 is 5.55. The lowest BCUT2D eigenvalue weighted by atomic mass is 10.1. The summed E-state index contributed by atoms with van der Waals surface area (Å²) in [6.07, 6.45) is 0. The first-order valence-corrected chi connectivity index (χ1v) is 5.99. The Hall–Kier alpha value is -2.36. The second kappa shape index (κ2) is 5.52. The standard InChI is InChI=1S/C15H15NO3/c1-11-7-12(2)9-13(8-11)10-19-15-6-4-3-5-14(15)16(17)18/h3-9H,10H2,1-2H3. The van der Waals surface area contributed by atoms with Gasteiger partial charge in [0.2, 0.25) is 0 Å². The first-order chi connectivity index (χ1) is 9.06. The third-order valence-corrected chi connectivity index (χ3v) is 2.74. The third-order valence-electron chi connectivity index (χ3n) is 2.74. The van der Waals surface area contributed by atoms with Crippen LogP contribution in [0.15, 0.2) is 42.5 Å². The maximum atomic E-state index is 10.9. The minimum Gasteiger partial charge on any atom is -0.482 e. The highest BCUT2D eigenvalue weighted by atomic mass is 16.6. The van der Waals surface area contributed by atoms with E-state index >= 15 is 0 Å². The molecule has 0 aliphatic carbocycles. The van der Waals surface area contributed by atoms with Gasteiger partial charge in [0, 0.05) is 6.07 Å². The molecule has 0 amide bonds. The van der Waals surface area contributed by atoms with Gasteiger partial charge >= 0.3 is 5.69 Å². The van der Waals surface area contributed by atoms with Crippen LogP contribution in [0.4, 0.5) is 5.69 Å². The maximum absolute atomic E-state index is 10.9. The Morgan fingerprint density at radius 3 is 2.37 bits per heavy atom. The van der Waals surface area contributed by atoms with Gasteiger partial charge in [0.15, 0.2) is 5.75 Å². The number of rotatable bonds is 4. The molecule has 2 aromatic rings. The van der Waals surface area contributed by atoms with Crippen LogP contribution in [0.2, 0.25) is 0 Å². The van der Waals surface area contributed by atoms with Gasteiger partial charge in [-0.3, -0.25) is 10.1 Å². The lowest BCUT2D eigenvalue weighted by Gasteiger charge is -2.08. The van der Waals surface area contributed by atoms with Crippen molar-refractivity contribution in [2.75, 3.05) is 0 Å². The molecule has 4 heteroatoms. The predicted molar refractivity (Wildman–Crippen MR) is 73.3 cm³/mol. The Morgan fingerprint density at radius 1 is 1.11 bits per heavy atom. The van der Waals surface area contributed by atoms with Crippen molar-refractivity contribution in [3.63, 3.8) is 0 Å². The van der Waals surface area contributed by atoms with Crippen LogP contribution in [0, 0.1) is 24.0 Å². The monoisotopic (exact) mass is 257 g/mol. The summed E-state index contributed by atoms with van der Waals surface area (Å²) in [7, 11) is 0. The van der Waals surface area contributed by atoms with Crippen LogP contribution in [0.3, 0.4) is 0 Å². The molecule has 0 aromatic heterocycles. The Kier molecular flexibility index (Phi) is 3.80. The van der Waals surface area contributed by atoms with Crippen LogP contribution in [0.25, 0.3) is 0 Å². The van der Waals surface area contributed by atoms with E-state index in [4.69, 9.17) is 4.74 Å². The van der Waals surface area contributed by atoms with Crippen molar-refractivity contribution in [3.8, 4) is 5.75 Å². The van der Waals surface area contributed by atoms with Crippen LogP contribution in [0.1, 0.15) is 16.7 Å². The third kappa shape index (κ3) is 3.31. The molecule has 0 atom stereocenters. The number of ether oxygens (including phenoxy) is 1. The minimum atomic E-state index is -0.434. The number of nitro groups is 1. The van der Waals surface area contributed by atoms with Crippen molar-refractivity contribution >= 4 is 5.69 Å². The Labute approximate surface area is 111 Å². The van der Waals surface area contributed by atoms with Crippen molar-refractivity contribution in [1.29, 1.82) is 0 Å². The number of benzene rings is 2. The van der Waals surface area contributed by atoms with Crippen LogP contribution in [-0.4, -0.2) is 4.92 Å². The van der Waals surface area contributed by atoms with Crippen LogP contribution < -0.4 is 4.74 Å². The largest absolute Gasteiger partial charge is 0.482 e. The van der Waals surface area contributed by atoms with E-state index in [0.29, 0.717) is 12.4 Å². The van der Waals surface area contributed by atoms with Gasteiger partial charge in [-0.25, -0.2) is 0 Å². The molecule has 0 unspecified atom stereocenters. The fourth-order valence-electron chi connectivity index (χ4n) is 2.04. The van der Waals surface area contributed by atoms with E-state index in [2.05, 4.69) is 6.07 Å². The molecule has 0 fully saturated rings. The zero-order valence-corrected chi connectivity index (χ0v) is 10.9. The summed E-state index contributed by atoms with van der Waals surface area (Å²) >= 11 is 0. The fraction of sp³-hybridized carbons (Fsp3) is 0.200. The molecule has 0 heterocycles. The van der Waals surface area contributed by atoms with Crippen LogP contribution in [-0.2, 0) is 6.61 Å². The van der Waals surface area contributed by atoms with Gasteiger partial charge < -0.3 is 4.74 Å². The second-order valence-electron chi connectivity index (χ2n) is 4.51. The topological polar surface area (TPSA) is 52.4 Å². The number of para-hydroxylation sites is 2. The maximum Gasteiger partial charge on any atom is 0.310 e. The zero-order chi connectivity index (χ0) is 13.8. The highest BCUT2D eigenvalue weighted by Gasteiger charge is 2.13.